The van der Waals surface area contributed by atoms with Gasteiger partial charge in [0, 0.05) is 12.6 Å². The third-order valence-electron chi connectivity index (χ3n) is 3.32. The van der Waals surface area contributed by atoms with Gasteiger partial charge in [-0.3, -0.25) is 4.79 Å². The highest BCUT2D eigenvalue weighted by molar-refractivity contribution is 7.07. The van der Waals surface area contributed by atoms with Gasteiger partial charge in [0.25, 0.3) is 0 Å². The van der Waals surface area contributed by atoms with Gasteiger partial charge in [0.15, 0.2) is 0 Å². The summed E-state index contributed by atoms with van der Waals surface area (Å²) >= 11 is 1.67. The number of nitrogens with two attached hydrogens (primary N) is 1. The number of hydrogen-bond donors (Lipinski definition) is 2. The summed E-state index contributed by atoms with van der Waals surface area (Å²) in [7, 11) is 0. The summed E-state index contributed by atoms with van der Waals surface area (Å²) in [6.45, 7) is 3.40. The molecule has 1 fully saturated rings. The zero-order valence-corrected chi connectivity index (χ0v) is 10.8. The Morgan fingerprint density at radius 2 is 2.59 bits per heavy atom. The van der Waals surface area contributed by atoms with Crippen molar-refractivity contribution in [2.45, 2.75) is 19.4 Å². The van der Waals surface area contributed by atoms with E-state index in [1.165, 1.54) is 5.56 Å². The zero-order chi connectivity index (χ0) is 12.3. The lowest BCUT2D eigenvalue weighted by Gasteiger charge is -2.25. The molecular weight excluding hydrogens is 236 g/mol. The molecular formula is C12H18N2O2S. The Balaban J connectivity index is 1.81. The van der Waals surface area contributed by atoms with Crippen LogP contribution in [0.25, 0.3) is 0 Å². The second-order valence-corrected chi connectivity index (χ2v) is 5.46. The third kappa shape index (κ3) is 2.68. The second-order valence-electron chi connectivity index (χ2n) is 4.68. The molecule has 1 aliphatic heterocycles. The van der Waals surface area contributed by atoms with Crippen molar-refractivity contribution < 1.29 is 9.53 Å². The van der Waals surface area contributed by atoms with Crippen LogP contribution in [0.1, 0.15) is 12.5 Å². The number of nitrogens with one attached hydrogen (secondary N) is 1. The van der Waals surface area contributed by atoms with Gasteiger partial charge in [0.2, 0.25) is 5.91 Å². The van der Waals surface area contributed by atoms with Crippen LogP contribution in [-0.2, 0) is 16.0 Å². The molecule has 2 atom stereocenters. The van der Waals surface area contributed by atoms with Gasteiger partial charge in [-0.05, 0) is 35.7 Å². The summed E-state index contributed by atoms with van der Waals surface area (Å²) < 4.78 is 5.26. The first-order valence-corrected chi connectivity index (χ1v) is 6.70. The van der Waals surface area contributed by atoms with Gasteiger partial charge in [0.05, 0.1) is 18.6 Å². The molecule has 0 aliphatic carbocycles. The van der Waals surface area contributed by atoms with Gasteiger partial charge in [-0.15, -0.1) is 0 Å². The van der Waals surface area contributed by atoms with Gasteiger partial charge in [-0.2, -0.15) is 11.3 Å². The Morgan fingerprint density at radius 3 is 3.18 bits per heavy atom. The lowest BCUT2D eigenvalue weighted by molar-refractivity contribution is -0.130. The highest BCUT2D eigenvalue weighted by Crippen LogP contribution is 2.26. The molecule has 0 saturated carbocycles. The number of ether oxygens (including phenoxy) is 1. The topological polar surface area (TPSA) is 64.3 Å². The molecule has 1 aromatic rings. The molecule has 94 valence electrons. The van der Waals surface area contributed by atoms with Crippen LogP contribution in [0.4, 0.5) is 0 Å². The number of carbonyl (C=O) groups excluding carboxylic acids is 1. The number of thiophene rings is 1. The minimum atomic E-state index is -0.575. The fourth-order valence-corrected chi connectivity index (χ4v) is 2.58. The molecule has 0 radical (unpaired) electrons. The van der Waals surface area contributed by atoms with Crippen molar-refractivity contribution in [3.63, 3.8) is 0 Å². The van der Waals surface area contributed by atoms with Crippen molar-refractivity contribution in [2.24, 2.45) is 11.1 Å². The van der Waals surface area contributed by atoms with E-state index in [4.69, 9.17) is 10.5 Å². The van der Waals surface area contributed by atoms with Crippen LogP contribution in [0.2, 0.25) is 0 Å². The van der Waals surface area contributed by atoms with Gasteiger partial charge >= 0.3 is 0 Å². The SMILES string of the molecule is CC1(C(=O)NCCc2ccsc2)COCC1N. The van der Waals surface area contributed by atoms with Crippen LogP contribution in [0.3, 0.4) is 0 Å². The van der Waals surface area contributed by atoms with Crippen molar-refractivity contribution in [1.29, 1.82) is 0 Å². The Kier molecular flexibility index (Phi) is 3.81. The first-order valence-electron chi connectivity index (χ1n) is 5.75. The average Bonchev–Trinajstić information content (AvgIpc) is 2.91. The Labute approximate surface area is 105 Å². The fourth-order valence-electron chi connectivity index (χ4n) is 1.88. The lowest BCUT2D eigenvalue weighted by atomic mass is 9.85. The molecule has 1 amide bonds. The summed E-state index contributed by atoms with van der Waals surface area (Å²) in [6.07, 6.45) is 0.863. The summed E-state index contributed by atoms with van der Waals surface area (Å²) in [5, 5.41) is 7.08. The van der Waals surface area contributed by atoms with E-state index in [1.807, 2.05) is 12.3 Å². The Bertz CT molecular complexity index is 380. The van der Waals surface area contributed by atoms with E-state index < -0.39 is 5.41 Å². The summed E-state index contributed by atoms with van der Waals surface area (Å²) in [5.41, 5.74) is 6.58. The molecule has 1 aromatic heterocycles. The molecule has 4 nitrogen and oxygen atoms in total. The number of rotatable bonds is 4. The van der Waals surface area contributed by atoms with Crippen molar-refractivity contribution >= 4 is 17.2 Å². The zero-order valence-electron chi connectivity index (χ0n) is 9.94. The number of hydrogen-bond acceptors (Lipinski definition) is 4. The molecule has 5 heteroatoms. The maximum absolute atomic E-state index is 12.0. The molecule has 17 heavy (non-hydrogen) atoms. The molecule has 2 rings (SSSR count). The molecule has 2 heterocycles. The minimum Gasteiger partial charge on any atom is -0.379 e. The standard InChI is InChI=1S/C12H18N2O2S/c1-12(8-16-6-10(12)13)11(15)14-4-2-9-3-5-17-7-9/h3,5,7,10H,2,4,6,8,13H2,1H3,(H,14,15). The van der Waals surface area contributed by atoms with E-state index in [2.05, 4.69) is 16.8 Å². The highest BCUT2D eigenvalue weighted by Gasteiger charge is 2.44. The molecule has 0 bridgehead atoms. The smallest absolute Gasteiger partial charge is 0.229 e. The Hall–Kier alpha value is -0.910. The van der Waals surface area contributed by atoms with Crippen molar-refractivity contribution in [2.75, 3.05) is 19.8 Å². The van der Waals surface area contributed by atoms with Gasteiger partial charge < -0.3 is 15.8 Å². The minimum absolute atomic E-state index is 0.00210. The molecule has 3 N–H and O–H groups in total. The van der Waals surface area contributed by atoms with E-state index in [9.17, 15) is 4.79 Å². The number of carbonyl (C=O) groups is 1. The van der Waals surface area contributed by atoms with E-state index in [0.717, 1.165) is 6.42 Å². The van der Waals surface area contributed by atoms with E-state index in [-0.39, 0.29) is 11.9 Å². The first kappa shape index (κ1) is 12.5. The Morgan fingerprint density at radius 1 is 1.76 bits per heavy atom. The average molecular weight is 254 g/mol. The van der Waals surface area contributed by atoms with Crippen LogP contribution < -0.4 is 11.1 Å². The summed E-state index contributed by atoms with van der Waals surface area (Å²) in [5.74, 6) is -0.00210. The maximum atomic E-state index is 12.0. The predicted molar refractivity (Wildman–Crippen MR) is 67.9 cm³/mol. The molecule has 1 aliphatic rings. The van der Waals surface area contributed by atoms with Crippen LogP contribution in [0, 0.1) is 5.41 Å². The molecule has 0 spiro atoms. The fraction of sp³-hybridized carbons (Fsp3) is 0.583. The molecule has 1 saturated heterocycles. The largest absolute Gasteiger partial charge is 0.379 e. The molecule has 2 unspecified atom stereocenters. The van der Waals surface area contributed by atoms with E-state index in [0.29, 0.717) is 19.8 Å². The predicted octanol–water partition coefficient (Wildman–Crippen LogP) is 0.771. The molecule has 0 aromatic carbocycles. The van der Waals surface area contributed by atoms with Crippen molar-refractivity contribution in [3.05, 3.63) is 22.4 Å². The first-order chi connectivity index (χ1) is 8.13. The summed E-state index contributed by atoms with van der Waals surface area (Å²) in [6, 6.07) is 1.87. The summed E-state index contributed by atoms with van der Waals surface area (Å²) in [4.78, 5) is 12.0. The lowest BCUT2D eigenvalue weighted by Crippen LogP contribution is -2.50. The van der Waals surface area contributed by atoms with Gasteiger partial charge in [-0.1, -0.05) is 0 Å². The van der Waals surface area contributed by atoms with Crippen LogP contribution in [-0.4, -0.2) is 31.7 Å². The normalized spacial score (nSPS) is 28.2. The van der Waals surface area contributed by atoms with E-state index in [1.54, 1.807) is 11.3 Å². The van der Waals surface area contributed by atoms with E-state index >= 15 is 0 Å². The third-order valence-corrected chi connectivity index (χ3v) is 4.05. The van der Waals surface area contributed by atoms with Crippen LogP contribution >= 0.6 is 11.3 Å². The van der Waals surface area contributed by atoms with Gasteiger partial charge in [0.1, 0.15) is 0 Å². The highest BCUT2D eigenvalue weighted by atomic mass is 32.1. The van der Waals surface area contributed by atoms with Crippen LogP contribution in [0.15, 0.2) is 16.8 Å². The maximum Gasteiger partial charge on any atom is 0.229 e. The quantitative estimate of drug-likeness (QED) is 0.834. The van der Waals surface area contributed by atoms with Crippen LogP contribution in [0.5, 0.6) is 0 Å². The van der Waals surface area contributed by atoms with Crippen molar-refractivity contribution in [3.8, 4) is 0 Å². The monoisotopic (exact) mass is 254 g/mol. The number of amides is 1. The van der Waals surface area contributed by atoms with Crippen molar-refractivity contribution in [1.82, 2.24) is 5.32 Å². The van der Waals surface area contributed by atoms with Gasteiger partial charge in [-0.25, -0.2) is 0 Å². The second kappa shape index (κ2) is 5.16.